The van der Waals surface area contributed by atoms with Crippen LogP contribution >= 0.6 is 15.9 Å². The molecule has 0 aliphatic carbocycles. The second-order valence-corrected chi connectivity index (χ2v) is 6.08. The molecule has 8 nitrogen and oxygen atoms in total. The lowest BCUT2D eigenvalue weighted by Crippen LogP contribution is -2.38. The van der Waals surface area contributed by atoms with E-state index in [4.69, 9.17) is 15.3 Å². The van der Waals surface area contributed by atoms with Gasteiger partial charge in [0.2, 0.25) is 21.7 Å². The molecular formula is C9H11BrN2O6S. The zero-order valence-corrected chi connectivity index (χ0v) is 12.2. The van der Waals surface area contributed by atoms with Crippen LogP contribution in [-0.4, -0.2) is 42.8 Å². The summed E-state index contributed by atoms with van der Waals surface area (Å²) in [6.07, 6.45) is 0. The summed E-state index contributed by atoms with van der Waals surface area (Å²) in [5.41, 5.74) is 4.96. The first kappa shape index (κ1) is 15.7. The fourth-order valence-electron chi connectivity index (χ4n) is 1.31. The fraction of sp³-hybridized carbons (Fsp3) is 0.333. The largest absolute Gasteiger partial charge is 0.475 e. The van der Waals surface area contributed by atoms with Crippen molar-refractivity contribution in [2.75, 3.05) is 13.1 Å². The number of likely N-dealkylation sites (N-methyl/N-ethyl adjacent to an activating group) is 1. The monoisotopic (exact) mass is 354 g/mol. The highest BCUT2D eigenvalue weighted by molar-refractivity contribution is 9.10. The van der Waals surface area contributed by atoms with E-state index in [2.05, 4.69) is 15.9 Å². The zero-order chi connectivity index (χ0) is 14.8. The number of hydrogen-bond donors (Lipinski definition) is 2. The summed E-state index contributed by atoms with van der Waals surface area (Å²) in [5, 5.41) is 8.73. The Balaban J connectivity index is 3.25. The highest BCUT2D eigenvalue weighted by Crippen LogP contribution is 2.28. The summed E-state index contributed by atoms with van der Waals surface area (Å²) in [5.74, 6) is -2.75. The SMILES string of the molecule is CCN(CC(N)=O)S(=O)(=O)c1cc(C(=O)O)oc1Br. The Hall–Kier alpha value is -1.39. The molecule has 3 N–H and O–H groups in total. The lowest BCUT2D eigenvalue weighted by atomic mass is 10.5. The van der Waals surface area contributed by atoms with Gasteiger partial charge in [0, 0.05) is 12.6 Å². The number of halogens is 1. The van der Waals surface area contributed by atoms with Gasteiger partial charge in [0.25, 0.3) is 0 Å². The standard InChI is InChI=1S/C9H11BrN2O6S/c1-2-12(4-7(11)13)19(16,17)6-3-5(9(14)15)18-8(6)10/h3H,2,4H2,1H3,(H2,11,13)(H,14,15). The minimum atomic E-state index is -4.06. The molecule has 0 fully saturated rings. The van der Waals surface area contributed by atoms with E-state index in [9.17, 15) is 18.0 Å². The van der Waals surface area contributed by atoms with E-state index in [0.29, 0.717) is 0 Å². The number of carboxylic acids is 1. The van der Waals surface area contributed by atoms with E-state index in [1.165, 1.54) is 6.92 Å². The number of amides is 1. The summed E-state index contributed by atoms with van der Waals surface area (Å²) in [7, 11) is -4.06. The lowest BCUT2D eigenvalue weighted by Gasteiger charge is -2.17. The number of sulfonamides is 1. The third kappa shape index (κ3) is 3.33. The summed E-state index contributed by atoms with van der Waals surface area (Å²) in [6.45, 7) is 1.02. The number of nitrogens with zero attached hydrogens (tertiary/aromatic N) is 1. The number of carboxylic acid groups (broad SMARTS) is 1. The topological polar surface area (TPSA) is 131 Å². The molecule has 19 heavy (non-hydrogen) atoms. The second-order valence-electron chi connectivity index (χ2n) is 3.45. The molecule has 1 amide bonds. The highest BCUT2D eigenvalue weighted by atomic mass is 79.9. The molecule has 0 aliphatic rings. The second kappa shape index (κ2) is 5.72. The van der Waals surface area contributed by atoms with E-state index in [0.717, 1.165) is 10.4 Å². The average molecular weight is 355 g/mol. The predicted molar refractivity (Wildman–Crippen MR) is 67.0 cm³/mol. The molecule has 1 rings (SSSR count). The Bertz CT molecular complexity index is 608. The van der Waals surface area contributed by atoms with Crippen LogP contribution in [0.25, 0.3) is 0 Å². The number of rotatable bonds is 6. The highest BCUT2D eigenvalue weighted by Gasteiger charge is 2.30. The van der Waals surface area contributed by atoms with Gasteiger partial charge in [-0.1, -0.05) is 6.92 Å². The molecule has 0 spiro atoms. The van der Waals surface area contributed by atoms with Crippen LogP contribution in [-0.2, 0) is 14.8 Å². The van der Waals surface area contributed by atoms with Crippen molar-refractivity contribution in [3.8, 4) is 0 Å². The van der Waals surface area contributed by atoms with Gasteiger partial charge in [0.1, 0.15) is 4.90 Å². The summed E-state index contributed by atoms with van der Waals surface area (Å²) < 4.78 is 29.7. The van der Waals surface area contributed by atoms with Gasteiger partial charge in [-0.3, -0.25) is 4.79 Å². The van der Waals surface area contributed by atoms with Gasteiger partial charge in [-0.05, 0) is 15.9 Å². The van der Waals surface area contributed by atoms with E-state index in [1.807, 2.05) is 0 Å². The van der Waals surface area contributed by atoms with Gasteiger partial charge in [-0.2, -0.15) is 4.31 Å². The lowest BCUT2D eigenvalue weighted by molar-refractivity contribution is -0.118. The molecule has 0 unspecified atom stereocenters. The molecule has 0 saturated heterocycles. The van der Waals surface area contributed by atoms with E-state index < -0.39 is 34.2 Å². The first-order valence-electron chi connectivity index (χ1n) is 5.01. The molecular weight excluding hydrogens is 344 g/mol. The van der Waals surface area contributed by atoms with Crippen molar-refractivity contribution < 1.29 is 27.5 Å². The van der Waals surface area contributed by atoms with E-state index >= 15 is 0 Å². The average Bonchev–Trinajstić information content (AvgIpc) is 2.68. The third-order valence-electron chi connectivity index (χ3n) is 2.17. The van der Waals surface area contributed by atoms with Crippen molar-refractivity contribution in [3.63, 3.8) is 0 Å². The van der Waals surface area contributed by atoms with Gasteiger partial charge in [0.15, 0.2) is 4.67 Å². The minimum absolute atomic E-state index is 0.00526. The van der Waals surface area contributed by atoms with Crippen LogP contribution in [0.1, 0.15) is 17.5 Å². The molecule has 0 bridgehead atoms. The van der Waals surface area contributed by atoms with Crippen LogP contribution in [0.5, 0.6) is 0 Å². The van der Waals surface area contributed by atoms with Crippen molar-refractivity contribution >= 4 is 37.8 Å². The molecule has 0 aromatic carbocycles. The number of furan rings is 1. The van der Waals surface area contributed by atoms with Crippen molar-refractivity contribution in [2.24, 2.45) is 5.73 Å². The molecule has 10 heteroatoms. The molecule has 1 aromatic heterocycles. The summed E-state index contributed by atoms with van der Waals surface area (Å²) >= 11 is 2.83. The van der Waals surface area contributed by atoms with Crippen molar-refractivity contribution in [1.82, 2.24) is 4.31 Å². The van der Waals surface area contributed by atoms with Crippen molar-refractivity contribution in [2.45, 2.75) is 11.8 Å². The predicted octanol–water partition coefficient (Wildman–Crippen LogP) is 0.236. The Morgan fingerprint density at radius 1 is 1.53 bits per heavy atom. The number of carbonyl (C=O) groups is 2. The number of aromatic carboxylic acids is 1. The third-order valence-corrected chi connectivity index (χ3v) is 4.95. The van der Waals surface area contributed by atoms with Crippen LogP contribution in [0.4, 0.5) is 0 Å². The number of hydrogen-bond acceptors (Lipinski definition) is 5. The number of nitrogens with two attached hydrogens (primary N) is 1. The molecule has 0 saturated carbocycles. The van der Waals surface area contributed by atoms with Gasteiger partial charge < -0.3 is 15.3 Å². The Labute approximate surface area is 117 Å². The van der Waals surface area contributed by atoms with Crippen LogP contribution < -0.4 is 5.73 Å². The normalized spacial score (nSPS) is 11.7. The summed E-state index contributed by atoms with van der Waals surface area (Å²) in [6, 6.07) is 0.866. The van der Waals surface area contributed by atoms with Gasteiger partial charge in [0.05, 0.1) is 6.54 Å². The Morgan fingerprint density at radius 2 is 2.11 bits per heavy atom. The Kier molecular flexibility index (Phi) is 4.71. The maximum absolute atomic E-state index is 12.2. The van der Waals surface area contributed by atoms with Gasteiger partial charge in [-0.25, -0.2) is 13.2 Å². The minimum Gasteiger partial charge on any atom is -0.475 e. The number of carbonyl (C=O) groups excluding carboxylic acids is 1. The maximum Gasteiger partial charge on any atom is 0.371 e. The van der Waals surface area contributed by atoms with Gasteiger partial charge >= 0.3 is 5.97 Å². The molecule has 1 aromatic rings. The van der Waals surface area contributed by atoms with Crippen LogP contribution in [0.2, 0.25) is 0 Å². The van der Waals surface area contributed by atoms with Crippen LogP contribution in [0, 0.1) is 0 Å². The first-order valence-corrected chi connectivity index (χ1v) is 7.24. The van der Waals surface area contributed by atoms with Crippen LogP contribution in [0.15, 0.2) is 20.0 Å². The molecule has 0 radical (unpaired) electrons. The first-order chi connectivity index (χ1) is 8.70. The van der Waals surface area contributed by atoms with Gasteiger partial charge in [-0.15, -0.1) is 0 Å². The quantitative estimate of drug-likeness (QED) is 0.751. The fourth-order valence-corrected chi connectivity index (χ4v) is 3.63. The van der Waals surface area contributed by atoms with Crippen LogP contribution in [0.3, 0.4) is 0 Å². The van der Waals surface area contributed by atoms with Crippen molar-refractivity contribution in [1.29, 1.82) is 0 Å². The molecule has 0 aliphatic heterocycles. The molecule has 106 valence electrons. The van der Waals surface area contributed by atoms with E-state index in [-0.39, 0.29) is 16.1 Å². The molecule has 0 atom stereocenters. The maximum atomic E-state index is 12.2. The zero-order valence-electron chi connectivity index (χ0n) is 9.79. The Morgan fingerprint density at radius 3 is 2.47 bits per heavy atom. The smallest absolute Gasteiger partial charge is 0.371 e. The summed E-state index contributed by atoms with van der Waals surface area (Å²) in [4.78, 5) is 21.2. The molecule has 1 heterocycles. The van der Waals surface area contributed by atoms with E-state index in [1.54, 1.807) is 0 Å². The number of primary amides is 1. The van der Waals surface area contributed by atoms with Crippen molar-refractivity contribution in [3.05, 3.63) is 16.5 Å².